The van der Waals surface area contributed by atoms with Gasteiger partial charge in [0.2, 0.25) is 11.8 Å². The number of benzene rings is 1. The van der Waals surface area contributed by atoms with Gasteiger partial charge in [0.1, 0.15) is 0 Å². The molecule has 5 nitrogen and oxygen atoms in total. The van der Waals surface area contributed by atoms with Crippen LogP contribution in [0.2, 0.25) is 0 Å². The van der Waals surface area contributed by atoms with Crippen molar-refractivity contribution in [2.24, 2.45) is 5.92 Å². The third-order valence-corrected chi connectivity index (χ3v) is 3.86. The lowest BCUT2D eigenvalue weighted by molar-refractivity contribution is -0.131. The Hall–Kier alpha value is -2.04. The second-order valence-corrected chi connectivity index (χ2v) is 5.32. The molecule has 1 unspecified atom stereocenters. The van der Waals surface area contributed by atoms with Crippen molar-refractivity contribution >= 4 is 23.2 Å². The van der Waals surface area contributed by atoms with E-state index in [9.17, 15) is 9.59 Å². The normalized spacial score (nSPS) is 18.4. The van der Waals surface area contributed by atoms with E-state index in [-0.39, 0.29) is 18.4 Å². The number of nitrogen functional groups attached to an aromatic ring is 1. The van der Waals surface area contributed by atoms with E-state index in [2.05, 4.69) is 12.2 Å². The van der Waals surface area contributed by atoms with E-state index in [0.717, 1.165) is 12.0 Å². The summed E-state index contributed by atoms with van der Waals surface area (Å²) in [6.07, 6.45) is 1.53. The zero-order valence-corrected chi connectivity index (χ0v) is 12.0. The smallest absolute Gasteiger partial charge is 0.244 e. The average Bonchev–Trinajstić information content (AvgIpc) is 2.76. The highest BCUT2D eigenvalue weighted by Gasteiger charge is 2.29. The van der Waals surface area contributed by atoms with Gasteiger partial charge in [0.25, 0.3) is 0 Å². The van der Waals surface area contributed by atoms with Gasteiger partial charge in [-0.05, 0) is 30.5 Å². The molecule has 0 radical (unpaired) electrons. The minimum atomic E-state index is -0.177. The minimum Gasteiger partial charge on any atom is -0.398 e. The Balaban J connectivity index is 1.96. The first-order valence-electron chi connectivity index (χ1n) is 6.94. The number of hydrogen-bond acceptors (Lipinski definition) is 3. The summed E-state index contributed by atoms with van der Waals surface area (Å²) in [7, 11) is 0. The van der Waals surface area contributed by atoms with Crippen molar-refractivity contribution in [2.75, 3.05) is 24.1 Å². The number of nitrogens with two attached hydrogens (primary N) is 1. The summed E-state index contributed by atoms with van der Waals surface area (Å²) in [6.45, 7) is 4.72. The van der Waals surface area contributed by atoms with Crippen LogP contribution in [0.1, 0.15) is 25.3 Å². The molecule has 2 amide bonds. The average molecular weight is 275 g/mol. The molecule has 1 aliphatic heterocycles. The van der Waals surface area contributed by atoms with Crippen LogP contribution < -0.4 is 11.1 Å². The summed E-state index contributed by atoms with van der Waals surface area (Å²) in [4.78, 5) is 25.4. The first-order valence-corrected chi connectivity index (χ1v) is 6.94. The second kappa shape index (κ2) is 5.94. The van der Waals surface area contributed by atoms with Crippen molar-refractivity contribution in [3.63, 3.8) is 0 Å². The first kappa shape index (κ1) is 14.4. The molecule has 20 heavy (non-hydrogen) atoms. The maximum absolute atomic E-state index is 12.0. The van der Waals surface area contributed by atoms with Crippen LogP contribution in [-0.4, -0.2) is 29.8 Å². The molecule has 1 heterocycles. The van der Waals surface area contributed by atoms with E-state index in [1.165, 1.54) is 0 Å². The fourth-order valence-electron chi connectivity index (χ4n) is 2.43. The van der Waals surface area contributed by atoms with Gasteiger partial charge in [-0.25, -0.2) is 0 Å². The summed E-state index contributed by atoms with van der Waals surface area (Å²) >= 11 is 0. The molecule has 1 aromatic carbocycles. The van der Waals surface area contributed by atoms with Gasteiger partial charge in [0.05, 0.1) is 6.54 Å². The van der Waals surface area contributed by atoms with Crippen molar-refractivity contribution < 1.29 is 9.59 Å². The lowest BCUT2D eigenvalue weighted by Crippen LogP contribution is -2.34. The molecule has 1 atom stereocenters. The second-order valence-electron chi connectivity index (χ2n) is 5.32. The molecule has 0 aromatic heterocycles. The molecule has 1 aliphatic rings. The molecular formula is C15H21N3O2. The quantitative estimate of drug-likeness (QED) is 0.822. The van der Waals surface area contributed by atoms with Crippen LogP contribution in [0.15, 0.2) is 18.2 Å². The van der Waals surface area contributed by atoms with E-state index in [1.807, 2.05) is 13.0 Å². The van der Waals surface area contributed by atoms with Crippen LogP contribution >= 0.6 is 0 Å². The summed E-state index contributed by atoms with van der Waals surface area (Å²) in [6, 6.07) is 5.40. The number of likely N-dealkylation sites (tertiary alicyclic amines) is 1. The molecule has 0 saturated carbocycles. The standard InChI is InChI=1S/C15H21N3O2/c1-3-11-7-15(20)18(8-11)9-14(19)17-13-6-4-5-12(16)10(13)2/h4-6,11H,3,7-9,16H2,1-2H3,(H,17,19). The lowest BCUT2D eigenvalue weighted by Gasteiger charge is -2.17. The molecule has 2 rings (SSSR count). The molecule has 0 spiro atoms. The highest BCUT2D eigenvalue weighted by molar-refractivity contribution is 5.96. The van der Waals surface area contributed by atoms with Crippen molar-refractivity contribution in [2.45, 2.75) is 26.7 Å². The van der Waals surface area contributed by atoms with Crippen molar-refractivity contribution in [3.8, 4) is 0 Å². The summed E-state index contributed by atoms with van der Waals surface area (Å²) in [5.41, 5.74) is 8.00. The fourth-order valence-corrected chi connectivity index (χ4v) is 2.43. The molecule has 0 aliphatic carbocycles. The molecule has 5 heteroatoms. The van der Waals surface area contributed by atoms with Crippen LogP contribution in [0.4, 0.5) is 11.4 Å². The van der Waals surface area contributed by atoms with Gasteiger partial charge in [-0.15, -0.1) is 0 Å². The minimum absolute atomic E-state index is 0.0660. The van der Waals surface area contributed by atoms with E-state index in [1.54, 1.807) is 17.0 Å². The van der Waals surface area contributed by atoms with Gasteiger partial charge in [-0.1, -0.05) is 19.4 Å². The Morgan fingerprint density at radius 2 is 2.25 bits per heavy atom. The zero-order valence-electron chi connectivity index (χ0n) is 12.0. The fraction of sp³-hybridized carbons (Fsp3) is 0.467. The largest absolute Gasteiger partial charge is 0.398 e. The third-order valence-electron chi connectivity index (χ3n) is 3.86. The van der Waals surface area contributed by atoms with Gasteiger partial charge in [0.15, 0.2) is 0 Å². The number of rotatable bonds is 4. The van der Waals surface area contributed by atoms with E-state index < -0.39 is 0 Å². The highest BCUT2D eigenvalue weighted by atomic mass is 16.2. The Bertz CT molecular complexity index is 528. The maximum atomic E-state index is 12.0. The third kappa shape index (κ3) is 3.10. The van der Waals surface area contributed by atoms with Crippen LogP contribution in [0.3, 0.4) is 0 Å². The van der Waals surface area contributed by atoms with E-state index in [4.69, 9.17) is 5.73 Å². The van der Waals surface area contributed by atoms with Crippen LogP contribution in [0.25, 0.3) is 0 Å². The van der Waals surface area contributed by atoms with Gasteiger partial charge in [0, 0.05) is 24.3 Å². The van der Waals surface area contributed by atoms with Crippen molar-refractivity contribution in [3.05, 3.63) is 23.8 Å². The van der Waals surface area contributed by atoms with Gasteiger partial charge in [-0.2, -0.15) is 0 Å². The van der Waals surface area contributed by atoms with Crippen molar-refractivity contribution in [1.82, 2.24) is 4.90 Å². The van der Waals surface area contributed by atoms with Gasteiger partial charge >= 0.3 is 0 Å². The monoisotopic (exact) mass is 275 g/mol. The van der Waals surface area contributed by atoms with E-state index in [0.29, 0.717) is 30.3 Å². The number of carbonyl (C=O) groups is 2. The Morgan fingerprint density at radius 1 is 1.50 bits per heavy atom. The number of amides is 2. The molecule has 1 saturated heterocycles. The summed E-state index contributed by atoms with van der Waals surface area (Å²) in [5.74, 6) is 0.268. The summed E-state index contributed by atoms with van der Waals surface area (Å²) < 4.78 is 0. The first-order chi connectivity index (χ1) is 9.51. The molecular weight excluding hydrogens is 254 g/mol. The molecule has 3 N–H and O–H groups in total. The number of nitrogens with one attached hydrogen (secondary N) is 1. The number of nitrogens with zero attached hydrogens (tertiary/aromatic N) is 1. The highest BCUT2D eigenvalue weighted by Crippen LogP contribution is 2.22. The van der Waals surface area contributed by atoms with Crippen LogP contribution in [-0.2, 0) is 9.59 Å². The Morgan fingerprint density at radius 3 is 2.90 bits per heavy atom. The lowest BCUT2D eigenvalue weighted by atomic mass is 10.1. The SMILES string of the molecule is CCC1CC(=O)N(CC(=O)Nc2cccc(N)c2C)C1. The molecule has 108 valence electrons. The van der Waals surface area contributed by atoms with Crippen LogP contribution in [0, 0.1) is 12.8 Å². The van der Waals surface area contributed by atoms with E-state index >= 15 is 0 Å². The van der Waals surface area contributed by atoms with Gasteiger partial charge in [-0.3, -0.25) is 9.59 Å². The number of carbonyl (C=O) groups excluding carboxylic acids is 2. The number of hydrogen-bond donors (Lipinski definition) is 2. The Kier molecular flexibility index (Phi) is 4.27. The van der Waals surface area contributed by atoms with Gasteiger partial charge < -0.3 is 16.0 Å². The molecule has 1 fully saturated rings. The Labute approximate surface area is 119 Å². The van der Waals surface area contributed by atoms with Crippen molar-refractivity contribution in [1.29, 1.82) is 0 Å². The molecule has 0 bridgehead atoms. The predicted molar refractivity (Wildman–Crippen MR) is 79.2 cm³/mol. The predicted octanol–water partition coefficient (Wildman–Crippen LogP) is 1.77. The molecule has 1 aromatic rings. The topological polar surface area (TPSA) is 75.4 Å². The maximum Gasteiger partial charge on any atom is 0.244 e. The summed E-state index contributed by atoms with van der Waals surface area (Å²) in [5, 5.41) is 2.82. The zero-order chi connectivity index (χ0) is 14.7. The van der Waals surface area contributed by atoms with Crippen LogP contribution in [0.5, 0.6) is 0 Å². The number of anilines is 2.